The van der Waals surface area contributed by atoms with Gasteiger partial charge in [-0.1, -0.05) is 12.1 Å². The second-order valence-electron chi connectivity index (χ2n) is 7.84. The van der Waals surface area contributed by atoms with Gasteiger partial charge in [0.15, 0.2) is 5.96 Å². The van der Waals surface area contributed by atoms with Crippen LogP contribution in [0.15, 0.2) is 47.7 Å². The number of piperidine rings is 1. The maximum Gasteiger partial charge on any atom is 0.190 e. The Balaban J connectivity index is 0.00000300. The first kappa shape index (κ1) is 23.7. The Kier molecular flexibility index (Phi) is 9.93. The molecule has 7 heteroatoms. The van der Waals surface area contributed by atoms with Gasteiger partial charge in [0.05, 0.1) is 5.69 Å². The number of hydrogen-bond acceptors (Lipinski definition) is 3. The average Bonchev–Trinajstić information content (AvgIpc) is 3.26. The highest BCUT2D eigenvalue weighted by Gasteiger charge is 2.21. The third-order valence-corrected chi connectivity index (χ3v) is 5.47. The number of guanidine groups is 1. The van der Waals surface area contributed by atoms with Crippen LogP contribution in [-0.2, 0) is 6.42 Å². The molecule has 1 aromatic heterocycles. The number of nitrogens with one attached hydrogen (secondary N) is 2. The summed E-state index contributed by atoms with van der Waals surface area (Å²) in [5.41, 5.74) is 2.39. The highest BCUT2D eigenvalue weighted by molar-refractivity contribution is 14.0. The van der Waals surface area contributed by atoms with Crippen molar-refractivity contribution >= 4 is 29.9 Å². The van der Waals surface area contributed by atoms with Crippen LogP contribution in [0.25, 0.3) is 5.69 Å². The fourth-order valence-corrected chi connectivity index (χ4v) is 3.76. The van der Waals surface area contributed by atoms with Crippen molar-refractivity contribution in [1.82, 2.24) is 25.3 Å². The lowest BCUT2D eigenvalue weighted by molar-refractivity contribution is 0.141. The number of rotatable bonds is 7. The number of nitrogens with zero attached hydrogens (tertiary/aromatic N) is 4. The molecule has 0 amide bonds. The summed E-state index contributed by atoms with van der Waals surface area (Å²) in [6, 6.07) is 11.1. The van der Waals surface area contributed by atoms with Crippen molar-refractivity contribution in [3.05, 3.63) is 48.3 Å². The predicted molar refractivity (Wildman–Crippen MR) is 131 cm³/mol. The third-order valence-electron chi connectivity index (χ3n) is 5.47. The van der Waals surface area contributed by atoms with Crippen LogP contribution in [0.4, 0.5) is 0 Å². The molecular weight excluding hydrogens is 475 g/mol. The maximum atomic E-state index is 4.37. The van der Waals surface area contributed by atoms with Crippen molar-refractivity contribution in [2.24, 2.45) is 10.9 Å². The van der Waals surface area contributed by atoms with Gasteiger partial charge < -0.3 is 15.5 Å². The number of benzene rings is 1. The molecule has 2 N–H and O–H groups in total. The Hall–Kier alpha value is -1.61. The molecule has 0 spiro atoms. The summed E-state index contributed by atoms with van der Waals surface area (Å²) < 4.78 is 1.87. The molecule has 160 valence electrons. The van der Waals surface area contributed by atoms with E-state index in [1.54, 1.807) is 6.20 Å². The van der Waals surface area contributed by atoms with Crippen LogP contribution < -0.4 is 10.6 Å². The molecule has 0 bridgehead atoms. The number of likely N-dealkylation sites (tertiary alicyclic amines) is 1. The fourth-order valence-electron chi connectivity index (χ4n) is 3.76. The molecule has 2 aromatic rings. The molecule has 1 fully saturated rings. The molecule has 1 atom stereocenters. The van der Waals surface area contributed by atoms with Crippen LogP contribution in [-0.4, -0.2) is 59.9 Å². The third kappa shape index (κ3) is 7.29. The quantitative estimate of drug-likeness (QED) is 0.341. The van der Waals surface area contributed by atoms with Crippen molar-refractivity contribution in [3.63, 3.8) is 0 Å². The lowest BCUT2D eigenvalue weighted by Crippen LogP contribution is -2.46. The Morgan fingerprint density at radius 2 is 2.03 bits per heavy atom. The molecule has 1 unspecified atom stereocenters. The maximum absolute atomic E-state index is 4.37. The van der Waals surface area contributed by atoms with Crippen LogP contribution in [0.2, 0.25) is 0 Å². The summed E-state index contributed by atoms with van der Waals surface area (Å²) in [5, 5.41) is 11.2. The highest BCUT2D eigenvalue weighted by Crippen LogP contribution is 2.17. The second kappa shape index (κ2) is 12.2. The van der Waals surface area contributed by atoms with Gasteiger partial charge in [-0.2, -0.15) is 5.10 Å². The zero-order valence-corrected chi connectivity index (χ0v) is 20.2. The minimum Gasteiger partial charge on any atom is -0.356 e. The SMILES string of the molecule is CN=C(NCCc1ccc(-n2cccn2)cc1)NCC1CCCN(C(C)C)C1.I. The lowest BCUT2D eigenvalue weighted by Gasteiger charge is -2.35. The largest absolute Gasteiger partial charge is 0.356 e. The molecule has 29 heavy (non-hydrogen) atoms. The molecule has 1 saturated heterocycles. The van der Waals surface area contributed by atoms with E-state index < -0.39 is 0 Å². The van der Waals surface area contributed by atoms with Crippen molar-refractivity contribution in [2.45, 2.75) is 39.2 Å². The predicted octanol–water partition coefficient (Wildman–Crippen LogP) is 3.32. The first-order valence-electron chi connectivity index (χ1n) is 10.4. The van der Waals surface area contributed by atoms with Crippen LogP contribution >= 0.6 is 24.0 Å². The van der Waals surface area contributed by atoms with E-state index >= 15 is 0 Å². The van der Waals surface area contributed by atoms with Gasteiger partial charge in [0.1, 0.15) is 0 Å². The van der Waals surface area contributed by atoms with Gasteiger partial charge in [0, 0.05) is 45.1 Å². The molecular formula is C22H35IN6. The first-order chi connectivity index (χ1) is 13.7. The molecule has 1 aliphatic heterocycles. The molecule has 2 heterocycles. The normalized spacial score (nSPS) is 17.8. The Morgan fingerprint density at radius 1 is 1.24 bits per heavy atom. The van der Waals surface area contributed by atoms with Gasteiger partial charge in [0.25, 0.3) is 0 Å². The lowest BCUT2D eigenvalue weighted by atomic mass is 9.97. The zero-order valence-electron chi connectivity index (χ0n) is 17.8. The second-order valence-corrected chi connectivity index (χ2v) is 7.84. The zero-order chi connectivity index (χ0) is 19.8. The molecule has 6 nitrogen and oxygen atoms in total. The van der Waals surface area contributed by atoms with Crippen LogP contribution in [0.1, 0.15) is 32.3 Å². The fraction of sp³-hybridized carbons (Fsp3) is 0.545. The van der Waals surface area contributed by atoms with E-state index in [9.17, 15) is 0 Å². The summed E-state index contributed by atoms with van der Waals surface area (Å²) in [6.45, 7) is 8.85. The van der Waals surface area contributed by atoms with Crippen molar-refractivity contribution in [1.29, 1.82) is 0 Å². The Labute approximate surface area is 192 Å². The summed E-state index contributed by atoms with van der Waals surface area (Å²) in [6.07, 6.45) is 7.31. The van der Waals surface area contributed by atoms with Gasteiger partial charge in [-0.3, -0.25) is 4.99 Å². The molecule has 0 aliphatic carbocycles. The monoisotopic (exact) mass is 510 g/mol. The van der Waals surface area contributed by atoms with E-state index in [1.165, 1.54) is 31.5 Å². The minimum atomic E-state index is 0. The van der Waals surface area contributed by atoms with Gasteiger partial charge in [0.2, 0.25) is 0 Å². The van der Waals surface area contributed by atoms with Gasteiger partial charge in [-0.25, -0.2) is 4.68 Å². The Morgan fingerprint density at radius 3 is 2.69 bits per heavy atom. The Bertz CT molecular complexity index is 726. The number of halogens is 1. The molecule has 1 aromatic carbocycles. The molecule has 1 aliphatic rings. The van der Waals surface area contributed by atoms with E-state index in [-0.39, 0.29) is 24.0 Å². The summed E-state index contributed by atoms with van der Waals surface area (Å²) in [5.74, 6) is 1.60. The molecule has 3 rings (SSSR count). The average molecular weight is 510 g/mol. The van der Waals surface area contributed by atoms with Crippen molar-refractivity contribution in [2.75, 3.05) is 33.2 Å². The molecule has 0 saturated carbocycles. The van der Waals surface area contributed by atoms with E-state index in [0.717, 1.165) is 31.2 Å². The van der Waals surface area contributed by atoms with E-state index in [2.05, 4.69) is 63.7 Å². The van der Waals surface area contributed by atoms with Crippen molar-refractivity contribution < 1.29 is 0 Å². The standard InChI is InChI=1S/C22H34N6.HI/c1-18(2)27-14-4-6-20(17-27)16-25-22(23-3)24-13-11-19-7-9-21(10-8-19)28-15-5-12-26-28;/h5,7-10,12,15,18,20H,4,6,11,13-14,16-17H2,1-3H3,(H2,23,24,25);1H. The number of aromatic nitrogens is 2. The summed E-state index contributed by atoms with van der Waals surface area (Å²) in [4.78, 5) is 6.96. The molecule has 0 radical (unpaired) electrons. The topological polar surface area (TPSA) is 57.5 Å². The van der Waals surface area contributed by atoms with Crippen molar-refractivity contribution in [3.8, 4) is 5.69 Å². The first-order valence-corrected chi connectivity index (χ1v) is 10.4. The van der Waals surface area contributed by atoms with E-state index in [1.807, 2.05) is 24.0 Å². The number of aliphatic imine (C=N–C) groups is 1. The van der Waals surface area contributed by atoms with Crippen LogP contribution in [0.5, 0.6) is 0 Å². The van der Waals surface area contributed by atoms with Crippen LogP contribution in [0, 0.1) is 5.92 Å². The minimum absolute atomic E-state index is 0. The number of hydrogen-bond donors (Lipinski definition) is 2. The van der Waals surface area contributed by atoms with Crippen LogP contribution in [0.3, 0.4) is 0 Å². The van der Waals surface area contributed by atoms with E-state index in [0.29, 0.717) is 12.0 Å². The van der Waals surface area contributed by atoms with E-state index in [4.69, 9.17) is 0 Å². The summed E-state index contributed by atoms with van der Waals surface area (Å²) in [7, 11) is 1.84. The summed E-state index contributed by atoms with van der Waals surface area (Å²) >= 11 is 0. The smallest absolute Gasteiger partial charge is 0.190 e. The van der Waals surface area contributed by atoms with Gasteiger partial charge >= 0.3 is 0 Å². The van der Waals surface area contributed by atoms with Gasteiger partial charge in [-0.15, -0.1) is 24.0 Å². The van der Waals surface area contributed by atoms with Gasteiger partial charge in [-0.05, 0) is 69.3 Å². The highest BCUT2D eigenvalue weighted by atomic mass is 127.